The number of carbonyl (C=O) groups excluding carboxylic acids is 1. The summed E-state index contributed by atoms with van der Waals surface area (Å²) in [7, 11) is 3.13. The van der Waals surface area contributed by atoms with Crippen LogP contribution in [0.2, 0.25) is 0 Å². The molecule has 1 aliphatic heterocycles. The maximum Gasteiger partial charge on any atom is 0.260 e. The monoisotopic (exact) mass is 396 g/mol. The summed E-state index contributed by atoms with van der Waals surface area (Å²) in [6.07, 6.45) is 4.90. The summed E-state index contributed by atoms with van der Waals surface area (Å²) in [4.78, 5) is 24.2. The van der Waals surface area contributed by atoms with Crippen molar-refractivity contribution in [3.05, 3.63) is 35.9 Å². The predicted molar refractivity (Wildman–Crippen MR) is 110 cm³/mol. The third kappa shape index (κ3) is 3.57. The van der Waals surface area contributed by atoms with Crippen molar-refractivity contribution in [3.63, 3.8) is 0 Å². The molecule has 1 fully saturated rings. The fourth-order valence-electron chi connectivity index (χ4n) is 3.74. The number of carbonyl (C=O) groups is 1. The minimum Gasteiger partial charge on any atom is -0.497 e. The molecule has 0 bridgehead atoms. The van der Waals surface area contributed by atoms with Crippen LogP contribution in [0, 0.1) is 6.92 Å². The summed E-state index contributed by atoms with van der Waals surface area (Å²) in [6, 6.07) is 5.24. The topological polar surface area (TPSA) is 89.7 Å². The van der Waals surface area contributed by atoms with Crippen molar-refractivity contribution >= 4 is 28.5 Å². The largest absolute Gasteiger partial charge is 0.497 e. The Morgan fingerprint density at radius 3 is 2.66 bits per heavy atom. The minimum absolute atomic E-state index is 0.305. The van der Waals surface area contributed by atoms with Crippen molar-refractivity contribution in [2.75, 3.05) is 37.5 Å². The van der Waals surface area contributed by atoms with Crippen LogP contribution in [-0.4, -0.2) is 43.2 Å². The molecule has 3 aromatic rings. The Labute approximate surface area is 168 Å². The van der Waals surface area contributed by atoms with Crippen LogP contribution in [0.1, 0.15) is 35.4 Å². The molecule has 0 spiro atoms. The maximum atomic E-state index is 13.3. The van der Waals surface area contributed by atoms with E-state index in [2.05, 4.69) is 20.2 Å². The zero-order valence-corrected chi connectivity index (χ0v) is 16.8. The van der Waals surface area contributed by atoms with Gasteiger partial charge in [0, 0.05) is 19.2 Å². The van der Waals surface area contributed by atoms with Crippen LogP contribution in [0.3, 0.4) is 0 Å². The maximum absolute atomic E-state index is 13.3. The van der Waals surface area contributed by atoms with Gasteiger partial charge in [-0.05, 0) is 38.3 Å². The van der Waals surface area contributed by atoms with Gasteiger partial charge >= 0.3 is 0 Å². The Kier molecular flexibility index (Phi) is 5.24. The number of rotatable bonds is 5. The van der Waals surface area contributed by atoms with Gasteiger partial charge in [-0.1, -0.05) is 0 Å². The number of amides is 1. The molecule has 4 rings (SSSR count). The van der Waals surface area contributed by atoms with E-state index in [0.29, 0.717) is 39.6 Å². The summed E-state index contributed by atoms with van der Waals surface area (Å²) >= 11 is 0. The Morgan fingerprint density at radius 1 is 1.14 bits per heavy atom. The predicted octanol–water partition coefficient (Wildman–Crippen LogP) is 3.79. The van der Waals surface area contributed by atoms with Crippen molar-refractivity contribution in [1.29, 1.82) is 0 Å². The van der Waals surface area contributed by atoms with Crippen LogP contribution in [0.5, 0.6) is 11.5 Å². The van der Waals surface area contributed by atoms with Gasteiger partial charge in [0.05, 0.1) is 30.9 Å². The number of nitrogens with one attached hydrogen (secondary N) is 1. The highest BCUT2D eigenvalue weighted by Crippen LogP contribution is 2.34. The molecule has 1 aliphatic rings. The van der Waals surface area contributed by atoms with Crippen molar-refractivity contribution in [1.82, 2.24) is 9.97 Å². The van der Waals surface area contributed by atoms with Crippen LogP contribution in [0.4, 0.5) is 11.5 Å². The van der Waals surface area contributed by atoms with Crippen LogP contribution in [0.15, 0.2) is 28.9 Å². The second kappa shape index (κ2) is 7.98. The first kappa shape index (κ1) is 19.0. The zero-order valence-electron chi connectivity index (χ0n) is 16.8. The lowest BCUT2D eigenvalue weighted by atomic mass is 10.1. The smallest absolute Gasteiger partial charge is 0.260 e. The molecule has 1 amide bonds. The molecular formula is C21H24N4O4. The van der Waals surface area contributed by atoms with Gasteiger partial charge in [-0.2, -0.15) is 0 Å². The Hall–Kier alpha value is -3.29. The lowest BCUT2D eigenvalue weighted by Crippen LogP contribution is -2.30. The second-order valence-electron chi connectivity index (χ2n) is 6.98. The van der Waals surface area contributed by atoms with Gasteiger partial charge < -0.3 is 24.1 Å². The van der Waals surface area contributed by atoms with Crippen LogP contribution in [-0.2, 0) is 0 Å². The van der Waals surface area contributed by atoms with Crippen LogP contribution < -0.4 is 19.7 Å². The van der Waals surface area contributed by atoms with E-state index in [0.717, 1.165) is 31.7 Å². The average molecular weight is 396 g/mol. The van der Waals surface area contributed by atoms with Gasteiger partial charge in [-0.3, -0.25) is 4.79 Å². The van der Waals surface area contributed by atoms with E-state index in [-0.39, 0.29) is 5.91 Å². The molecule has 8 heteroatoms. The van der Waals surface area contributed by atoms with E-state index < -0.39 is 0 Å². The number of aromatic nitrogens is 2. The number of nitrogens with zero attached hydrogens (tertiary/aromatic N) is 3. The van der Waals surface area contributed by atoms with Gasteiger partial charge in [0.2, 0.25) is 5.71 Å². The molecule has 1 aromatic carbocycles. The van der Waals surface area contributed by atoms with Gasteiger partial charge in [0.25, 0.3) is 5.91 Å². The second-order valence-corrected chi connectivity index (χ2v) is 6.98. The zero-order chi connectivity index (χ0) is 20.4. The van der Waals surface area contributed by atoms with Crippen LogP contribution >= 0.6 is 0 Å². The molecule has 0 radical (unpaired) electrons. The average Bonchev–Trinajstić information content (AvgIpc) is 3.10. The number of anilines is 2. The SMILES string of the molecule is COc1ccc(OC)c(NC(=O)c2c(C)oc3ncnc(N4CCCCC4)c23)c1. The number of fused-ring (bicyclic) bond motifs is 1. The van der Waals surface area contributed by atoms with Gasteiger partial charge in [-0.25, -0.2) is 9.97 Å². The van der Waals surface area contributed by atoms with E-state index in [9.17, 15) is 4.79 Å². The third-order valence-electron chi connectivity index (χ3n) is 5.18. The summed E-state index contributed by atoms with van der Waals surface area (Å²) in [5.41, 5.74) is 1.37. The summed E-state index contributed by atoms with van der Waals surface area (Å²) < 4.78 is 16.4. The first-order valence-electron chi connectivity index (χ1n) is 9.64. The Morgan fingerprint density at radius 2 is 1.93 bits per heavy atom. The number of benzene rings is 1. The fourth-order valence-corrected chi connectivity index (χ4v) is 3.74. The summed E-state index contributed by atoms with van der Waals surface area (Å²) in [5, 5.41) is 3.57. The normalized spacial score (nSPS) is 14.1. The van der Waals surface area contributed by atoms with Crippen molar-refractivity contribution in [3.8, 4) is 11.5 Å². The third-order valence-corrected chi connectivity index (χ3v) is 5.18. The molecule has 0 saturated carbocycles. The number of ether oxygens (including phenoxy) is 2. The summed E-state index contributed by atoms with van der Waals surface area (Å²) in [6.45, 7) is 3.57. The Bertz CT molecular complexity index is 1040. The van der Waals surface area contributed by atoms with Crippen molar-refractivity contribution in [2.24, 2.45) is 0 Å². The molecule has 0 atom stereocenters. The first-order valence-corrected chi connectivity index (χ1v) is 9.64. The molecule has 1 saturated heterocycles. The number of hydrogen-bond donors (Lipinski definition) is 1. The van der Waals surface area contributed by atoms with Crippen LogP contribution in [0.25, 0.3) is 11.1 Å². The highest BCUT2D eigenvalue weighted by atomic mass is 16.5. The highest BCUT2D eigenvalue weighted by Gasteiger charge is 2.26. The molecule has 0 aliphatic carbocycles. The van der Waals surface area contributed by atoms with Crippen molar-refractivity contribution < 1.29 is 18.7 Å². The standard InChI is InChI=1S/C21H24N4O4/c1-13-17(20(26)24-15-11-14(27-2)7-8-16(15)28-3)18-19(22-12-23-21(18)29-13)25-9-5-4-6-10-25/h7-8,11-12H,4-6,9-10H2,1-3H3,(H,24,26). The molecule has 3 heterocycles. The molecule has 1 N–H and O–H groups in total. The van der Waals surface area contributed by atoms with E-state index in [1.807, 2.05) is 0 Å². The van der Waals surface area contributed by atoms with Crippen molar-refractivity contribution in [2.45, 2.75) is 26.2 Å². The molecular weight excluding hydrogens is 372 g/mol. The van der Waals surface area contributed by atoms with Gasteiger partial charge in [0.15, 0.2) is 0 Å². The number of methoxy groups -OCH3 is 2. The molecule has 29 heavy (non-hydrogen) atoms. The van der Waals surface area contributed by atoms with Gasteiger partial charge in [-0.15, -0.1) is 0 Å². The van der Waals surface area contributed by atoms with E-state index in [1.54, 1.807) is 39.3 Å². The number of hydrogen-bond acceptors (Lipinski definition) is 7. The van der Waals surface area contributed by atoms with E-state index in [1.165, 1.54) is 12.7 Å². The molecule has 2 aromatic heterocycles. The molecule has 8 nitrogen and oxygen atoms in total. The number of piperidine rings is 1. The Balaban J connectivity index is 1.76. The fraction of sp³-hybridized carbons (Fsp3) is 0.381. The highest BCUT2D eigenvalue weighted by molar-refractivity contribution is 6.15. The van der Waals surface area contributed by atoms with E-state index in [4.69, 9.17) is 13.9 Å². The molecule has 152 valence electrons. The first-order chi connectivity index (χ1) is 14.1. The lowest BCUT2D eigenvalue weighted by molar-refractivity contribution is 0.102. The van der Waals surface area contributed by atoms with Gasteiger partial charge in [0.1, 0.15) is 29.4 Å². The number of aryl methyl sites for hydroxylation is 1. The summed E-state index contributed by atoms with van der Waals surface area (Å²) in [5.74, 6) is 2.10. The lowest BCUT2D eigenvalue weighted by Gasteiger charge is -2.28. The van der Waals surface area contributed by atoms with E-state index >= 15 is 0 Å². The number of furan rings is 1. The minimum atomic E-state index is -0.305. The quantitative estimate of drug-likeness (QED) is 0.702. The molecule has 0 unspecified atom stereocenters.